The molecule has 0 aliphatic carbocycles. The second-order valence-corrected chi connectivity index (χ2v) is 24.8. The van der Waals surface area contributed by atoms with Crippen LogP contribution in [-0.4, -0.2) is 37.2 Å². The molecule has 0 fully saturated rings. The fraction of sp³-hybridized carbons (Fsp3) is 0.831. The minimum absolute atomic E-state index is 0.0788. The monoisotopic (exact) mass is 1160 g/mol. The summed E-state index contributed by atoms with van der Waals surface area (Å²) in [6.45, 7) is 6.61. The van der Waals surface area contributed by atoms with Crippen LogP contribution in [0.5, 0.6) is 0 Å². The van der Waals surface area contributed by atoms with Crippen LogP contribution < -0.4 is 0 Å². The highest BCUT2D eigenvalue weighted by atomic mass is 16.6. The average molecular weight is 1160 g/mol. The first-order chi connectivity index (χ1) is 41.0. The molecule has 0 rings (SSSR count). The Labute approximate surface area is 517 Å². The highest BCUT2D eigenvalue weighted by molar-refractivity contribution is 5.71. The van der Waals surface area contributed by atoms with Gasteiger partial charge in [-0.2, -0.15) is 0 Å². The van der Waals surface area contributed by atoms with Crippen molar-refractivity contribution in [1.82, 2.24) is 0 Å². The third-order valence-electron chi connectivity index (χ3n) is 16.5. The van der Waals surface area contributed by atoms with Crippen LogP contribution in [0.25, 0.3) is 0 Å². The average Bonchev–Trinajstić information content (AvgIpc) is 3.48. The van der Waals surface area contributed by atoms with E-state index in [0.717, 1.165) is 89.9 Å². The van der Waals surface area contributed by atoms with Crippen molar-refractivity contribution in [3.8, 4) is 0 Å². The van der Waals surface area contributed by atoms with Crippen LogP contribution in [-0.2, 0) is 28.6 Å². The molecule has 83 heavy (non-hydrogen) atoms. The summed E-state index contributed by atoms with van der Waals surface area (Å²) in [4.78, 5) is 38.3. The lowest BCUT2D eigenvalue weighted by Crippen LogP contribution is -2.30. The maximum Gasteiger partial charge on any atom is 0.306 e. The molecule has 0 saturated heterocycles. The molecule has 0 aliphatic heterocycles. The van der Waals surface area contributed by atoms with Crippen LogP contribution in [0.3, 0.4) is 0 Å². The van der Waals surface area contributed by atoms with Gasteiger partial charge in [-0.1, -0.05) is 332 Å². The van der Waals surface area contributed by atoms with Gasteiger partial charge in [-0.05, 0) is 103 Å². The summed E-state index contributed by atoms with van der Waals surface area (Å²) >= 11 is 0. The number of esters is 3. The van der Waals surface area contributed by atoms with Crippen molar-refractivity contribution in [2.24, 2.45) is 0 Å². The molecular weight excluding hydrogens is 1020 g/mol. The highest BCUT2D eigenvalue weighted by Crippen LogP contribution is 2.18. The molecule has 0 spiro atoms. The molecule has 0 aliphatic rings. The smallest absolute Gasteiger partial charge is 0.306 e. The lowest BCUT2D eigenvalue weighted by atomic mass is 10.0. The van der Waals surface area contributed by atoms with Crippen molar-refractivity contribution in [3.63, 3.8) is 0 Å². The molecule has 0 aromatic carbocycles. The largest absolute Gasteiger partial charge is 0.462 e. The van der Waals surface area contributed by atoms with Crippen LogP contribution in [0.4, 0.5) is 0 Å². The molecule has 0 radical (unpaired) electrons. The van der Waals surface area contributed by atoms with Gasteiger partial charge in [-0.25, -0.2) is 0 Å². The van der Waals surface area contributed by atoms with E-state index < -0.39 is 6.10 Å². The van der Waals surface area contributed by atoms with Crippen molar-refractivity contribution in [2.45, 2.75) is 399 Å². The van der Waals surface area contributed by atoms with E-state index in [1.807, 2.05) is 0 Å². The summed E-state index contributed by atoms with van der Waals surface area (Å²) in [5, 5.41) is 0. The van der Waals surface area contributed by atoms with E-state index in [1.54, 1.807) is 0 Å². The van der Waals surface area contributed by atoms with Gasteiger partial charge < -0.3 is 14.2 Å². The van der Waals surface area contributed by atoms with Crippen molar-refractivity contribution in [2.75, 3.05) is 13.2 Å². The first-order valence-electron chi connectivity index (χ1n) is 36.8. The molecule has 0 N–H and O–H groups in total. The number of hydrogen-bond acceptors (Lipinski definition) is 6. The van der Waals surface area contributed by atoms with E-state index >= 15 is 0 Å². The SMILES string of the molecule is CCCC/C=C\CCCCCCCC(=O)OCC(COC(=O)CCCCCCCCCCCCCCCCCCCCCCCCC/C=C\CCCCCCCCCC)OC(=O)CCCCCCCC/C=C\C/C=C\C/C=C\CCCCC. The summed E-state index contributed by atoms with van der Waals surface area (Å²) in [6.07, 6.45) is 92.8. The Morgan fingerprint density at radius 2 is 0.446 bits per heavy atom. The number of allylic oxidation sites excluding steroid dienone is 10. The Morgan fingerprint density at radius 3 is 0.747 bits per heavy atom. The van der Waals surface area contributed by atoms with Gasteiger partial charge in [0.1, 0.15) is 13.2 Å². The lowest BCUT2D eigenvalue weighted by molar-refractivity contribution is -0.167. The zero-order chi connectivity index (χ0) is 59.9. The predicted molar refractivity (Wildman–Crippen MR) is 362 cm³/mol. The van der Waals surface area contributed by atoms with Gasteiger partial charge in [0.25, 0.3) is 0 Å². The van der Waals surface area contributed by atoms with E-state index in [-0.39, 0.29) is 31.1 Å². The fourth-order valence-corrected chi connectivity index (χ4v) is 10.9. The number of carbonyl (C=O) groups excluding carboxylic acids is 3. The van der Waals surface area contributed by atoms with E-state index in [4.69, 9.17) is 14.2 Å². The minimum Gasteiger partial charge on any atom is -0.462 e. The van der Waals surface area contributed by atoms with E-state index in [1.165, 1.54) is 263 Å². The summed E-state index contributed by atoms with van der Waals surface area (Å²) in [5.41, 5.74) is 0. The van der Waals surface area contributed by atoms with Gasteiger partial charge in [0.2, 0.25) is 0 Å². The molecule has 6 heteroatoms. The maximum absolute atomic E-state index is 12.9. The van der Waals surface area contributed by atoms with Gasteiger partial charge in [0, 0.05) is 19.3 Å². The quantitative estimate of drug-likeness (QED) is 0.0261. The molecule has 0 aromatic heterocycles. The van der Waals surface area contributed by atoms with Crippen LogP contribution in [0.15, 0.2) is 60.8 Å². The van der Waals surface area contributed by atoms with Crippen LogP contribution in [0.1, 0.15) is 393 Å². The third-order valence-corrected chi connectivity index (χ3v) is 16.5. The molecule has 0 amide bonds. The second kappa shape index (κ2) is 71.6. The highest BCUT2D eigenvalue weighted by Gasteiger charge is 2.19. The van der Waals surface area contributed by atoms with Gasteiger partial charge in [0.05, 0.1) is 0 Å². The van der Waals surface area contributed by atoms with Gasteiger partial charge >= 0.3 is 17.9 Å². The fourth-order valence-electron chi connectivity index (χ4n) is 10.9. The van der Waals surface area contributed by atoms with E-state index in [9.17, 15) is 14.4 Å². The zero-order valence-corrected chi connectivity index (χ0v) is 55.7. The van der Waals surface area contributed by atoms with Crippen molar-refractivity contribution in [3.05, 3.63) is 60.8 Å². The number of unbranched alkanes of at least 4 members (excludes halogenated alkanes) is 47. The molecule has 0 aromatic rings. The summed E-state index contributed by atoms with van der Waals surface area (Å²) in [5.74, 6) is -0.881. The predicted octanol–water partition coefficient (Wildman–Crippen LogP) is 25.5. The first-order valence-corrected chi connectivity index (χ1v) is 36.8. The summed E-state index contributed by atoms with van der Waals surface area (Å²) in [7, 11) is 0. The van der Waals surface area contributed by atoms with Crippen LogP contribution >= 0.6 is 0 Å². The Bertz CT molecular complexity index is 1470. The topological polar surface area (TPSA) is 78.9 Å². The first kappa shape index (κ1) is 80.1. The molecule has 1 unspecified atom stereocenters. The molecular formula is C77H140O6. The Hall–Kier alpha value is -2.89. The molecule has 0 saturated carbocycles. The lowest BCUT2D eigenvalue weighted by Gasteiger charge is -2.18. The standard InChI is InChI=1S/C77H140O6/c1-4-7-10-13-16-19-22-24-26-28-30-31-32-33-34-35-36-37-38-39-40-41-42-43-44-45-47-48-50-52-55-58-61-64-67-70-76(79)82-73-74(72-81-75(78)69-66-63-60-57-54-21-18-15-12-9-6-3)83-77(80)71-68-65-62-59-56-53-51-49-46-29-27-25-23-20-17-14-11-8-5-2/h15,17-18,20,25,27-28,30,46,49,74H,4-14,16,19,21-24,26,29,31-45,47-48,50-73H2,1-3H3/b18-15-,20-17-,27-25-,30-28-,49-46-. The number of carbonyl (C=O) groups is 3. The number of rotatable bonds is 68. The van der Waals surface area contributed by atoms with Gasteiger partial charge in [-0.3, -0.25) is 14.4 Å². The third kappa shape index (κ3) is 69.8. The maximum atomic E-state index is 12.9. The minimum atomic E-state index is -0.784. The van der Waals surface area contributed by atoms with Gasteiger partial charge in [-0.15, -0.1) is 0 Å². The van der Waals surface area contributed by atoms with Crippen molar-refractivity contribution in [1.29, 1.82) is 0 Å². The van der Waals surface area contributed by atoms with E-state index in [0.29, 0.717) is 19.3 Å². The normalized spacial score (nSPS) is 12.4. The summed E-state index contributed by atoms with van der Waals surface area (Å²) < 4.78 is 16.9. The Kier molecular flexibility index (Phi) is 69.1. The number of hydrogen-bond donors (Lipinski definition) is 0. The van der Waals surface area contributed by atoms with E-state index in [2.05, 4.69) is 81.5 Å². The Morgan fingerprint density at radius 1 is 0.241 bits per heavy atom. The molecule has 484 valence electrons. The molecule has 0 bridgehead atoms. The zero-order valence-electron chi connectivity index (χ0n) is 55.7. The second-order valence-electron chi connectivity index (χ2n) is 24.8. The van der Waals surface area contributed by atoms with Crippen LogP contribution in [0.2, 0.25) is 0 Å². The Balaban J connectivity index is 4.07. The molecule has 6 nitrogen and oxygen atoms in total. The van der Waals surface area contributed by atoms with Crippen molar-refractivity contribution < 1.29 is 28.6 Å². The summed E-state index contributed by atoms with van der Waals surface area (Å²) in [6, 6.07) is 0. The number of ether oxygens (including phenoxy) is 3. The molecule has 0 heterocycles. The molecule has 1 atom stereocenters. The van der Waals surface area contributed by atoms with Crippen molar-refractivity contribution >= 4 is 17.9 Å². The van der Waals surface area contributed by atoms with Crippen LogP contribution in [0, 0.1) is 0 Å². The van der Waals surface area contributed by atoms with Gasteiger partial charge in [0.15, 0.2) is 6.10 Å².